The minimum absolute atomic E-state index is 0.0299. The highest BCUT2D eigenvalue weighted by Crippen LogP contribution is 2.30. The minimum Gasteiger partial charge on any atom is -0.500 e. The molecule has 1 fully saturated rings. The number of allylic oxidation sites excluding steroid dienone is 4. The van der Waals surface area contributed by atoms with Crippen LogP contribution in [0.25, 0.3) is 0 Å². The number of carbonyl (C=O) groups excluding carboxylic acids is 1. The summed E-state index contributed by atoms with van der Waals surface area (Å²) >= 11 is 0. The molecule has 0 saturated carbocycles. The van der Waals surface area contributed by atoms with E-state index < -0.39 is 0 Å². The summed E-state index contributed by atoms with van der Waals surface area (Å²) < 4.78 is 5.24. The lowest BCUT2D eigenvalue weighted by molar-refractivity contribution is -0.123. The number of piperidine rings is 1. The van der Waals surface area contributed by atoms with E-state index in [4.69, 9.17) is 4.74 Å². The fourth-order valence-electron chi connectivity index (χ4n) is 2.84. The van der Waals surface area contributed by atoms with Gasteiger partial charge in [-0.15, -0.1) is 0 Å². The van der Waals surface area contributed by atoms with Crippen molar-refractivity contribution in [2.75, 3.05) is 19.7 Å². The lowest BCUT2D eigenvalue weighted by Gasteiger charge is -2.21. The van der Waals surface area contributed by atoms with Gasteiger partial charge in [-0.2, -0.15) is 0 Å². The van der Waals surface area contributed by atoms with Gasteiger partial charge in [-0.1, -0.05) is 24.3 Å². The molecular weight excluding hydrogens is 226 g/mol. The van der Waals surface area contributed by atoms with Crippen molar-refractivity contribution in [1.29, 1.82) is 0 Å². The monoisotopic (exact) mass is 245 g/mol. The maximum atomic E-state index is 12.2. The van der Waals surface area contributed by atoms with E-state index in [9.17, 15) is 4.79 Å². The van der Waals surface area contributed by atoms with Crippen molar-refractivity contribution in [3.8, 4) is 0 Å². The van der Waals surface area contributed by atoms with Gasteiger partial charge in [0.2, 0.25) is 0 Å². The van der Waals surface area contributed by atoms with E-state index in [0.29, 0.717) is 12.5 Å². The molecule has 0 bridgehead atoms. The van der Waals surface area contributed by atoms with E-state index in [2.05, 4.69) is 17.5 Å². The highest BCUT2D eigenvalue weighted by molar-refractivity contribution is 5.91. The molecule has 3 aliphatic rings. The molecule has 3 rings (SSSR count). The fraction of sp³-hybridized carbons (Fsp3) is 0.533. The van der Waals surface area contributed by atoms with Crippen LogP contribution in [0.3, 0.4) is 0 Å². The molecule has 2 unspecified atom stereocenters. The van der Waals surface area contributed by atoms with E-state index in [-0.39, 0.29) is 17.6 Å². The van der Waals surface area contributed by atoms with Crippen LogP contribution in [0.1, 0.15) is 12.8 Å². The van der Waals surface area contributed by atoms with Crippen molar-refractivity contribution in [3.63, 3.8) is 0 Å². The molecule has 0 amide bonds. The summed E-state index contributed by atoms with van der Waals surface area (Å²) in [7, 11) is 0. The van der Waals surface area contributed by atoms with Gasteiger partial charge in [0.05, 0.1) is 18.1 Å². The Kier molecular flexibility index (Phi) is 3.33. The lowest BCUT2D eigenvalue weighted by Crippen LogP contribution is -2.28. The second kappa shape index (κ2) is 5.11. The molecule has 0 aromatic rings. The molecule has 0 spiro atoms. The van der Waals surface area contributed by atoms with Crippen LogP contribution in [-0.4, -0.2) is 25.5 Å². The van der Waals surface area contributed by atoms with Gasteiger partial charge in [-0.25, -0.2) is 0 Å². The molecule has 18 heavy (non-hydrogen) atoms. The Labute approximate surface area is 108 Å². The molecule has 3 heteroatoms. The average molecular weight is 245 g/mol. The summed E-state index contributed by atoms with van der Waals surface area (Å²) in [5.74, 6) is 0.831. The number of hydrogen-bond acceptors (Lipinski definition) is 3. The van der Waals surface area contributed by atoms with Crippen molar-refractivity contribution in [1.82, 2.24) is 5.32 Å². The number of ether oxygens (including phenoxy) is 1. The highest BCUT2D eigenvalue weighted by atomic mass is 16.5. The Hall–Kier alpha value is -1.35. The molecule has 2 heterocycles. The van der Waals surface area contributed by atoms with Gasteiger partial charge in [-0.3, -0.25) is 4.79 Å². The number of fused-ring (bicyclic) bond motifs is 1. The van der Waals surface area contributed by atoms with E-state index >= 15 is 0 Å². The second-order valence-corrected chi connectivity index (χ2v) is 5.26. The van der Waals surface area contributed by atoms with Crippen molar-refractivity contribution in [2.45, 2.75) is 12.8 Å². The molecule has 0 aromatic heterocycles. The summed E-state index contributed by atoms with van der Waals surface area (Å²) in [5.41, 5.74) is 1.03. The first-order valence-corrected chi connectivity index (χ1v) is 6.77. The highest BCUT2D eigenvalue weighted by Gasteiger charge is 2.33. The zero-order valence-electron chi connectivity index (χ0n) is 10.5. The van der Waals surface area contributed by atoms with Crippen LogP contribution in [0.2, 0.25) is 0 Å². The summed E-state index contributed by atoms with van der Waals surface area (Å²) in [6, 6.07) is 0. The van der Waals surface area contributed by atoms with Crippen LogP contribution < -0.4 is 5.32 Å². The third-order valence-corrected chi connectivity index (χ3v) is 4.03. The first-order chi connectivity index (χ1) is 8.84. The van der Waals surface area contributed by atoms with Gasteiger partial charge in [-0.05, 0) is 31.8 Å². The van der Waals surface area contributed by atoms with E-state index in [1.54, 1.807) is 6.26 Å². The summed E-state index contributed by atoms with van der Waals surface area (Å²) in [6.45, 7) is 2.70. The zero-order valence-corrected chi connectivity index (χ0v) is 10.5. The normalized spacial score (nSPS) is 32.4. The Morgan fingerprint density at radius 2 is 2.11 bits per heavy atom. The molecule has 0 radical (unpaired) electrons. The Morgan fingerprint density at radius 3 is 2.94 bits per heavy atom. The maximum absolute atomic E-state index is 12.2. The number of hydrogen-bond donors (Lipinski definition) is 1. The number of rotatable bonds is 2. The third-order valence-electron chi connectivity index (χ3n) is 4.03. The number of ketones is 1. The van der Waals surface area contributed by atoms with Crippen LogP contribution in [0, 0.1) is 17.8 Å². The standard InChI is InChI=1S/C15H19NO2/c17-15-12(2-1-11-5-7-16-8-6-11)3-4-13-9-18-10-14(13)15/h1-4,9,11-12,14,16H,5-8,10H2/b2-1+. The molecule has 2 aliphatic heterocycles. The quantitative estimate of drug-likeness (QED) is 0.754. The van der Waals surface area contributed by atoms with Crippen LogP contribution in [0.4, 0.5) is 0 Å². The van der Waals surface area contributed by atoms with Crippen molar-refractivity contribution < 1.29 is 9.53 Å². The van der Waals surface area contributed by atoms with Gasteiger partial charge in [0.1, 0.15) is 6.61 Å². The van der Waals surface area contributed by atoms with Gasteiger partial charge in [0.15, 0.2) is 5.78 Å². The van der Waals surface area contributed by atoms with Gasteiger partial charge >= 0.3 is 0 Å². The van der Waals surface area contributed by atoms with Crippen LogP contribution in [-0.2, 0) is 9.53 Å². The van der Waals surface area contributed by atoms with Crippen molar-refractivity contribution >= 4 is 5.78 Å². The van der Waals surface area contributed by atoms with Crippen LogP contribution in [0.15, 0.2) is 36.1 Å². The van der Waals surface area contributed by atoms with Gasteiger partial charge in [0.25, 0.3) is 0 Å². The van der Waals surface area contributed by atoms with E-state index in [1.807, 2.05) is 12.2 Å². The number of nitrogens with one attached hydrogen (secondary N) is 1. The number of carbonyl (C=O) groups is 1. The van der Waals surface area contributed by atoms with Crippen molar-refractivity contribution in [2.24, 2.45) is 17.8 Å². The predicted molar refractivity (Wildman–Crippen MR) is 69.9 cm³/mol. The van der Waals surface area contributed by atoms with Crippen LogP contribution >= 0.6 is 0 Å². The van der Waals surface area contributed by atoms with Gasteiger partial charge in [0, 0.05) is 5.57 Å². The summed E-state index contributed by atoms with van der Waals surface area (Å²) in [4.78, 5) is 12.2. The smallest absolute Gasteiger partial charge is 0.154 e. The predicted octanol–water partition coefficient (Wildman–Crippen LogP) is 1.83. The van der Waals surface area contributed by atoms with E-state index in [1.165, 1.54) is 12.8 Å². The summed E-state index contributed by atoms with van der Waals surface area (Å²) in [6.07, 6.45) is 12.4. The Morgan fingerprint density at radius 1 is 1.28 bits per heavy atom. The SMILES string of the molecule is O=C1C(/C=C/C2CCNCC2)C=CC2=COCC12. The molecule has 3 nitrogen and oxygen atoms in total. The fourth-order valence-corrected chi connectivity index (χ4v) is 2.84. The largest absolute Gasteiger partial charge is 0.500 e. The van der Waals surface area contributed by atoms with Crippen molar-refractivity contribution in [3.05, 3.63) is 36.1 Å². The third kappa shape index (κ3) is 2.27. The van der Waals surface area contributed by atoms with E-state index in [0.717, 1.165) is 18.7 Å². The van der Waals surface area contributed by atoms with Crippen LogP contribution in [0.5, 0.6) is 0 Å². The Balaban J connectivity index is 1.66. The molecule has 1 N–H and O–H groups in total. The number of Topliss-reactive ketones (excluding diaryl/α,β-unsaturated/α-hetero) is 1. The molecule has 1 saturated heterocycles. The molecular formula is C15H19NO2. The second-order valence-electron chi connectivity index (χ2n) is 5.26. The van der Waals surface area contributed by atoms with Gasteiger partial charge < -0.3 is 10.1 Å². The minimum atomic E-state index is -0.0521. The molecule has 96 valence electrons. The zero-order chi connectivity index (χ0) is 12.4. The summed E-state index contributed by atoms with van der Waals surface area (Å²) in [5, 5.41) is 3.35. The lowest BCUT2D eigenvalue weighted by atomic mass is 9.82. The molecule has 0 aromatic carbocycles. The Bertz CT molecular complexity index is 416. The average Bonchev–Trinajstić information content (AvgIpc) is 2.88. The maximum Gasteiger partial charge on any atom is 0.154 e. The topological polar surface area (TPSA) is 38.3 Å². The molecule has 2 atom stereocenters. The first kappa shape index (κ1) is 11.7. The first-order valence-electron chi connectivity index (χ1n) is 6.77. The molecule has 1 aliphatic carbocycles.